The second-order valence-corrected chi connectivity index (χ2v) is 20.8. The number of carbonyl (C=O) groups excluding carboxylic acids is 3. The third-order valence-corrected chi connectivity index (χ3v) is 13.0. The van der Waals surface area contributed by atoms with Gasteiger partial charge in [-0.1, -0.05) is 219 Å². The fourth-order valence-corrected chi connectivity index (χ4v) is 8.33. The molecule has 0 aliphatic carbocycles. The monoisotopic (exact) mass is 1110 g/mol. The average Bonchev–Trinajstić information content (AvgIpc) is 3.43. The minimum atomic E-state index is -4.79. The molecule has 0 amide bonds. The Labute approximate surface area is 474 Å². The SMILES string of the molecule is CC/C=C\C/C=C\C/C=C\C/C=C\C/C=C\C/C=C\CCC(=O)OC(COC(=O)CCCCCCCCC/C=C\C/C=C\C/C=C\CC)COP(=O)(O)OCC(CO)OC(=O)CCCCCCC/C=C\C/C=C\CCCCC. The number of ether oxygens (including phenoxy) is 3. The van der Waals surface area contributed by atoms with Crippen molar-refractivity contribution in [2.24, 2.45) is 0 Å². The lowest BCUT2D eigenvalue weighted by atomic mass is 10.1. The van der Waals surface area contributed by atoms with Crippen LogP contribution in [0.3, 0.4) is 0 Å². The summed E-state index contributed by atoms with van der Waals surface area (Å²) in [5.74, 6) is -1.60. The molecular weight excluding hydrogens is 1000 g/mol. The van der Waals surface area contributed by atoms with Crippen molar-refractivity contribution in [2.75, 3.05) is 26.4 Å². The van der Waals surface area contributed by atoms with Crippen LogP contribution in [0, 0.1) is 0 Å². The van der Waals surface area contributed by atoms with E-state index in [9.17, 15) is 28.9 Å². The minimum Gasteiger partial charge on any atom is -0.462 e. The van der Waals surface area contributed by atoms with Crippen LogP contribution in [-0.4, -0.2) is 66.5 Å². The second kappa shape index (κ2) is 58.8. The predicted octanol–water partition coefficient (Wildman–Crippen LogP) is 18.1. The van der Waals surface area contributed by atoms with Crippen LogP contribution in [0.2, 0.25) is 0 Å². The standard InChI is InChI=1S/C66H107O11P/c1-4-7-10-13-16-19-22-25-28-30-31-33-36-39-42-45-48-51-54-57-66(70)77-63(59-73-64(68)55-52-49-46-43-40-37-35-32-29-26-23-20-17-14-11-8-5-2)61-75-78(71,72)74-60-62(58-67)76-65(69)56-53-50-47-44-41-38-34-27-24-21-18-15-12-9-6-3/h7-8,10-11,16-21,25-29,31,33-34,39,42,48,51,62-63,67H,4-6,9,12-15,22-24,30,32,35-38,40-41,43-47,49-50,52-61H2,1-3H3,(H,71,72)/b10-7-,11-8-,19-16-,20-17-,21-18-,28-25-,29-26-,33-31-,34-27-,42-39-,51-48-. The third-order valence-electron chi connectivity index (χ3n) is 12.1. The van der Waals surface area contributed by atoms with Gasteiger partial charge >= 0.3 is 25.7 Å². The number of esters is 3. The Morgan fingerprint density at radius 2 is 0.692 bits per heavy atom. The molecule has 0 aromatic carbocycles. The number of hydrogen-bond acceptors (Lipinski definition) is 10. The fraction of sp³-hybridized carbons (Fsp3) is 0.621. The summed E-state index contributed by atoms with van der Waals surface area (Å²) in [6.45, 7) is 4.27. The Balaban J connectivity index is 4.88. The van der Waals surface area contributed by atoms with E-state index in [0.29, 0.717) is 25.7 Å². The second-order valence-electron chi connectivity index (χ2n) is 19.4. The van der Waals surface area contributed by atoms with Gasteiger partial charge in [-0.3, -0.25) is 23.4 Å². The first kappa shape index (κ1) is 73.6. The van der Waals surface area contributed by atoms with Gasteiger partial charge in [0, 0.05) is 19.3 Å². The van der Waals surface area contributed by atoms with Crippen molar-refractivity contribution in [3.63, 3.8) is 0 Å². The van der Waals surface area contributed by atoms with Crippen molar-refractivity contribution in [1.29, 1.82) is 0 Å². The molecule has 0 bridgehead atoms. The number of carbonyl (C=O) groups is 3. The number of phosphoric ester groups is 1. The molecule has 78 heavy (non-hydrogen) atoms. The van der Waals surface area contributed by atoms with E-state index in [4.69, 9.17) is 23.3 Å². The number of aliphatic hydroxyl groups excluding tert-OH is 1. The molecule has 12 heteroatoms. The summed E-state index contributed by atoms with van der Waals surface area (Å²) in [6, 6.07) is 0. The van der Waals surface area contributed by atoms with Crippen molar-refractivity contribution < 1.29 is 52.2 Å². The maximum Gasteiger partial charge on any atom is 0.472 e. The molecule has 0 fully saturated rings. The van der Waals surface area contributed by atoms with Gasteiger partial charge < -0.3 is 24.2 Å². The molecule has 0 aliphatic heterocycles. The number of phosphoric acid groups is 1. The van der Waals surface area contributed by atoms with Gasteiger partial charge in [0.1, 0.15) is 12.7 Å². The molecule has 11 nitrogen and oxygen atoms in total. The van der Waals surface area contributed by atoms with Crippen LogP contribution in [0.5, 0.6) is 0 Å². The molecule has 0 aromatic heterocycles. The quantitative estimate of drug-likeness (QED) is 0.0197. The molecule has 0 aromatic rings. The van der Waals surface area contributed by atoms with E-state index in [1.54, 1.807) is 0 Å². The first-order chi connectivity index (χ1) is 38.2. The number of rotatable bonds is 54. The Kier molecular flexibility index (Phi) is 55.5. The van der Waals surface area contributed by atoms with E-state index in [2.05, 4.69) is 142 Å². The van der Waals surface area contributed by atoms with Crippen molar-refractivity contribution in [3.8, 4) is 0 Å². The third kappa shape index (κ3) is 56.3. The van der Waals surface area contributed by atoms with Gasteiger partial charge in [-0.2, -0.15) is 0 Å². The fourth-order valence-electron chi connectivity index (χ4n) is 7.54. The highest BCUT2D eigenvalue weighted by Crippen LogP contribution is 2.43. The van der Waals surface area contributed by atoms with Crippen molar-refractivity contribution in [2.45, 2.75) is 238 Å². The molecule has 0 spiro atoms. The maximum absolute atomic E-state index is 12.9. The molecule has 0 aliphatic rings. The van der Waals surface area contributed by atoms with Gasteiger partial charge in [-0.15, -0.1) is 0 Å². The zero-order valence-corrected chi connectivity index (χ0v) is 49.7. The van der Waals surface area contributed by atoms with E-state index in [1.165, 1.54) is 25.7 Å². The van der Waals surface area contributed by atoms with Crippen LogP contribution in [-0.2, 0) is 42.2 Å². The molecule has 0 rings (SSSR count). The average molecular weight is 1110 g/mol. The lowest BCUT2D eigenvalue weighted by Crippen LogP contribution is -2.30. The van der Waals surface area contributed by atoms with Crippen LogP contribution in [0.1, 0.15) is 226 Å². The summed E-state index contributed by atoms with van der Waals surface area (Å²) in [5, 5.41) is 9.83. The molecule has 3 unspecified atom stereocenters. The lowest BCUT2D eigenvalue weighted by Gasteiger charge is -2.21. The summed E-state index contributed by atoms with van der Waals surface area (Å²) in [5.41, 5.74) is 0. The first-order valence-electron chi connectivity index (χ1n) is 30.1. The topological polar surface area (TPSA) is 155 Å². The van der Waals surface area contributed by atoms with Crippen LogP contribution >= 0.6 is 7.82 Å². The molecule has 3 atom stereocenters. The molecule has 0 heterocycles. The molecule has 0 radical (unpaired) electrons. The highest BCUT2D eigenvalue weighted by molar-refractivity contribution is 7.47. The highest BCUT2D eigenvalue weighted by atomic mass is 31.2. The van der Waals surface area contributed by atoms with Crippen LogP contribution in [0.15, 0.2) is 134 Å². The Morgan fingerprint density at radius 1 is 0.372 bits per heavy atom. The number of unbranched alkanes of at least 4 members (excludes halogenated alkanes) is 15. The van der Waals surface area contributed by atoms with Gasteiger partial charge in [0.15, 0.2) is 6.10 Å². The van der Waals surface area contributed by atoms with Gasteiger partial charge in [0.25, 0.3) is 0 Å². The van der Waals surface area contributed by atoms with Crippen molar-refractivity contribution >= 4 is 25.7 Å². The van der Waals surface area contributed by atoms with E-state index >= 15 is 0 Å². The van der Waals surface area contributed by atoms with Gasteiger partial charge in [-0.25, -0.2) is 4.57 Å². The Hall–Kier alpha value is -4.38. The molecule has 442 valence electrons. The smallest absolute Gasteiger partial charge is 0.462 e. The minimum absolute atomic E-state index is 0.0321. The molecular formula is C66H107O11P. The van der Waals surface area contributed by atoms with Crippen LogP contribution < -0.4 is 0 Å². The zero-order valence-electron chi connectivity index (χ0n) is 48.8. The number of hydrogen-bond donors (Lipinski definition) is 2. The molecule has 0 saturated heterocycles. The molecule has 0 saturated carbocycles. The summed E-state index contributed by atoms with van der Waals surface area (Å²) in [7, 11) is -4.79. The maximum atomic E-state index is 12.9. The van der Waals surface area contributed by atoms with Gasteiger partial charge in [-0.05, 0) is 122 Å². The summed E-state index contributed by atoms with van der Waals surface area (Å²) in [4.78, 5) is 48.6. The van der Waals surface area contributed by atoms with E-state index in [-0.39, 0.29) is 25.9 Å². The zero-order chi connectivity index (χ0) is 56.9. The highest BCUT2D eigenvalue weighted by Gasteiger charge is 2.28. The number of aliphatic hydroxyl groups is 1. The summed E-state index contributed by atoms with van der Waals surface area (Å²) < 4.78 is 39.5. The summed E-state index contributed by atoms with van der Waals surface area (Å²) >= 11 is 0. The van der Waals surface area contributed by atoms with Gasteiger partial charge in [0.2, 0.25) is 0 Å². The lowest BCUT2D eigenvalue weighted by molar-refractivity contribution is -0.161. The largest absolute Gasteiger partial charge is 0.472 e. The van der Waals surface area contributed by atoms with E-state index in [0.717, 1.165) is 135 Å². The van der Waals surface area contributed by atoms with Crippen molar-refractivity contribution in [3.05, 3.63) is 134 Å². The predicted molar refractivity (Wildman–Crippen MR) is 325 cm³/mol. The van der Waals surface area contributed by atoms with E-state index < -0.39 is 57.8 Å². The Morgan fingerprint density at radius 3 is 1.10 bits per heavy atom. The van der Waals surface area contributed by atoms with Crippen LogP contribution in [0.4, 0.5) is 0 Å². The van der Waals surface area contributed by atoms with Crippen molar-refractivity contribution in [1.82, 2.24) is 0 Å². The first-order valence-corrected chi connectivity index (χ1v) is 31.6. The van der Waals surface area contributed by atoms with Gasteiger partial charge in [0.05, 0.1) is 19.8 Å². The molecule has 2 N–H and O–H groups in total. The Bertz CT molecular complexity index is 1820. The number of allylic oxidation sites excluding steroid dienone is 22. The van der Waals surface area contributed by atoms with E-state index in [1.807, 2.05) is 12.2 Å². The normalized spacial score (nSPS) is 14.3. The van der Waals surface area contributed by atoms with Crippen LogP contribution in [0.25, 0.3) is 0 Å². The summed E-state index contributed by atoms with van der Waals surface area (Å²) in [6.07, 6.45) is 74.2.